The van der Waals surface area contributed by atoms with Gasteiger partial charge in [-0.2, -0.15) is 0 Å². The molecule has 16 heavy (non-hydrogen) atoms. The molecule has 0 heterocycles. The molecular formula is C11H14N2O3. The Morgan fingerprint density at radius 2 is 2.06 bits per heavy atom. The van der Waals surface area contributed by atoms with E-state index < -0.39 is 5.91 Å². The van der Waals surface area contributed by atoms with Crippen molar-refractivity contribution >= 4 is 11.8 Å². The number of carbonyl (C=O) groups excluding carboxylic acids is 2. The molecule has 5 nitrogen and oxygen atoms in total. The van der Waals surface area contributed by atoms with Crippen molar-refractivity contribution < 1.29 is 14.7 Å². The highest BCUT2D eigenvalue weighted by atomic mass is 16.3. The third kappa shape index (κ3) is 3.06. The van der Waals surface area contributed by atoms with Crippen LogP contribution >= 0.6 is 0 Å². The molecule has 0 aliphatic carbocycles. The fourth-order valence-corrected chi connectivity index (χ4v) is 1.17. The number of benzene rings is 1. The lowest BCUT2D eigenvalue weighted by Crippen LogP contribution is -2.35. The summed E-state index contributed by atoms with van der Waals surface area (Å²) in [7, 11) is 0. The molecule has 1 aromatic carbocycles. The molecule has 0 radical (unpaired) electrons. The summed E-state index contributed by atoms with van der Waals surface area (Å²) in [4.78, 5) is 22.5. The van der Waals surface area contributed by atoms with Gasteiger partial charge in [0.05, 0.1) is 6.61 Å². The maximum atomic E-state index is 11.6. The summed E-state index contributed by atoms with van der Waals surface area (Å²) in [5.41, 5.74) is 5.73. The smallest absolute Gasteiger partial charge is 0.251 e. The van der Waals surface area contributed by atoms with Crippen molar-refractivity contribution in [1.82, 2.24) is 5.32 Å². The summed E-state index contributed by atoms with van der Waals surface area (Å²) >= 11 is 0. The van der Waals surface area contributed by atoms with Crippen LogP contribution in [0.2, 0.25) is 0 Å². The Bertz CT molecular complexity index is 404. The van der Waals surface area contributed by atoms with Crippen LogP contribution < -0.4 is 11.1 Å². The number of carbonyl (C=O) groups is 2. The largest absolute Gasteiger partial charge is 0.394 e. The number of primary amides is 1. The number of nitrogens with one attached hydrogen (secondary N) is 1. The zero-order valence-electron chi connectivity index (χ0n) is 8.93. The van der Waals surface area contributed by atoms with Gasteiger partial charge in [-0.25, -0.2) is 0 Å². The summed E-state index contributed by atoms with van der Waals surface area (Å²) in [6, 6.07) is 5.78. The molecule has 0 unspecified atom stereocenters. The van der Waals surface area contributed by atoms with Crippen LogP contribution in [0.5, 0.6) is 0 Å². The summed E-state index contributed by atoms with van der Waals surface area (Å²) < 4.78 is 0. The molecule has 86 valence electrons. The van der Waals surface area contributed by atoms with Crippen LogP contribution in [0.15, 0.2) is 24.3 Å². The molecular weight excluding hydrogens is 208 g/mol. The van der Waals surface area contributed by atoms with Crippen molar-refractivity contribution in [2.75, 3.05) is 6.61 Å². The van der Waals surface area contributed by atoms with Crippen molar-refractivity contribution in [3.63, 3.8) is 0 Å². The predicted molar refractivity (Wildman–Crippen MR) is 59.0 cm³/mol. The van der Waals surface area contributed by atoms with Gasteiger partial charge in [-0.1, -0.05) is 6.07 Å². The van der Waals surface area contributed by atoms with Crippen LogP contribution in [-0.4, -0.2) is 29.6 Å². The van der Waals surface area contributed by atoms with Crippen molar-refractivity contribution in [1.29, 1.82) is 0 Å². The quantitative estimate of drug-likeness (QED) is 0.664. The van der Waals surface area contributed by atoms with Crippen molar-refractivity contribution in [3.8, 4) is 0 Å². The Labute approximate surface area is 93.3 Å². The van der Waals surface area contributed by atoms with Crippen molar-refractivity contribution in [2.24, 2.45) is 5.73 Å². The lowest BCUT2D eigenvalue weighted by molar-refractivity contribution is 0.0922. The third-order valence-corrected chi connectivity index (χ3v) is 2.06. The minimum absolute atomic E-state index is 0.138. The normalized spacial score (nSPS) is 11.9. The van der Waals surface area contributed by atoms with Gasteiger partial charge in [0, 0.05) is 17.2 Å². The second kappa shape index (κ2) is 5.27. The van der Waals surface area contributed by atoms with Crippen LogP contribution in [0.25, 0.3) is 0 Å². The van der Waals surface area contributed by atoms with Gasteiger partial charge >= 0.3 is 0 Å². The second-order valence-corrected chi connectivity index (χ2v) is 3.50. The number of hydrogen-bond acceptors (Lipinski definition) is 3. The predicted octanol–water partition coefficient (Wildman–Crippen LogP) is -0.104. The number of hydrogen-bond donors (Lipinski definition) is 3. The SMILES string of the molecule is C[C@@H](CO)NC(=O)c1cccc(C(N)=O)c1. The molecule has 5 heteroatoms. The highest BCUT2D eigenvalue weighted by Gasteiger charge is 2.10. The molecule has 0 fully saturated rings. The van der Waals surface area contributed by atoms with Crippen LogP contribution in [0.3, 0.4) is 0 Å². The Hall–Kier alpha value is -1.88. The highest BCUT2D eigenvalue weighted by Crippen LogP contribution is 2.04. The van der Waals surface area contributed by atoms with E-state index in [1.54, 1.807) is 19.1 Å². The molecule has 0 aromatic heterocycles. The molecule has 0 spiro atoms. The van der Waals surface area contributed by atoms with Gasteiger partial charge in [-0.05, 0) is 25.1 Å². The monoisotopic (exact) mass is 222 g/mol. The van der Waals surface area contributed by atoms with Gasteiger partial charge in [0.1, 0.15) is 0 Å². The number of aliphatic hydroxyl groups is 1. The first-order chi connectivity index (χ1) is 7.54. The minimum atomic E-state index is -0.579. The molecule has 4 N–H and O–H groups in total. The first kappa shape index (κ1) is 12.2. The Balaban J connectivity index is 2.83. The van der Waals surface area contributed by atoms with Crippen LogP contribution in [0.1, 0.15) is 27.6 Å². The number of amides is 2. The summed E-state index contributed by atoms with van der Waals surface area (Å²) in [5.74, 6) is -0.922. The summed E-state index contributed by atoms with van der Waals surface area (Å²) in [5, 5.41) is 11.4. The molecule has 1 rings (SSSR count). The number of aliphatic hydroxyl groups excluding tert-OH is 1. The van der Waals surface area contributed by atoms with E-state index in [1.807, 2.05) is 0 Å². The molecule has 0 aliphatic rings. The Kier molecular flexibility index (Phi) is 4.02. The molecule has 0 bridgehead atoms. The van der Waals surface area contributed by atoms with E-state index in [0.29, 0.717) is 5.56 Å². The van der Waals surface area contributed by atoms with Crippen molar-refractivity contribution in [2.45, 2.75) is 13.0 Å². The first-order valence-corrected chi connectivity index (χ1v) is 4.86. The zero-order valence-corrected chi connectivity index (χ0v) is 8.93. The molecule has 1 atom stereocenters. The molecule has 0 saturated carbocycles. The summed E-state index contributed by atoms with van der Waals surface area (Å²) in [6.45, 7) is 1.54. The third-order valence-electron chi connectivity index (χ3n) is 2.06. The average molecular weight is 222 g/mol. The lowest BCUT2D eigenvalue weighted by Gasteiger charge is -2.10. The number of rotatable bonds is 4. The van der Waals surface area contributed by atoms with E-state index in [-0.39, 0.29) is 24.1 Å². The van der Waals surface area contributed by atoms with E-state index >= 15 is 0 Å². The van der Waals surface area contributed by atoms with E-state index in [1.165, 1.54) is 12.1 Å². The second-order valence-electron chi connectivity index (χ2n) is 3.50. The van der Waals surface area contributed by atoms with Gasteiger partial charge in [0.2, 0.25) is 5.91 Å². The van der Waals surface area contributed by atoms with Gasteiger partial charge in [0.15, 0.2) is 0 Å². The van der Waals surface area contributed by atoms with Gasteiger partial charge in [-0.3, -0.25) is 9.59 Å². The standard InChI is InChI=1S/C11H14N2O3/c1-7(6-14)13-11(16)9-4-2-3-8(5-9)10(12)15/h2-5,7,14H,6H2,1H3,(H2,12,15)(H,13,16)/t7-/m0/s1. The highest BCUT2D eigenvalue weighted by molar-refractivity contribution is 5.99. The van der Waals surface area contributed by atoms with Crippen LogP contribution in [0, 0.1) is 0 Å². The molecule has 0 saturated heterocycles. The number of nitrogens with two attached hydrogens (primary N) is 1. The summed E-state index contributed by atoms with van der Waals surface area (Å²) in [6.07, 6.45) is 0. The fraction of sp³-hybridized carbons (Fsp3) is 0.273. The Morgan fingerprint density at radius 3 is 2.62 bits per heavy atom. The Morgan fingerprint density at radius 1 is 1.44 bits per heavy atom. The molecule has 1 aromatic rings. The first-order valence-electron chi connectivity index (χ1n) is 4.86. The molecule has 2 amide bonds. The topological polar surface area (TPSA) is 92.4 Å². The zero-order chi connectivity index (χ0) is 12.1. The minimum Gasteiger partial charge on any atom is -0.394 e. The lowest BCUT2D eigenvalue weighted by atomic mass is 10.1. The van der Waals surface area contributed by atoms with Crippen LogP contribution in [-0.2, 0) is 0 Å². The van der Waals surface area contributed by atoms with Gasteiger partial charge in [-0.15, -0.1) is 0 Å². The van der Waals surface area contributed by atoms with Gasteiger partial charge in [0.25, 0.3) is 5.91 Å². The maximum Gasteiger partial charge on any atom is 0.251 e. The maximum absolute atomic E-state index is 11.6. The van der Waals surface area contributed by atoms with Crippen molar-refractivity contribution in [3.05, 3.63) is 35.4 Å². The fourth-order valence-electron chi connectivity index (χ4n) is 1.17. The van der Waals surface area contributed by atoms with E-state index in [9.17, 15) is 9.59 Å². The van der Waals surface area contributed by atoms with E-state index in [2.05, 4.69) is 5.32 Å². The van der Waals surface area contributed by atoms with E-state index in [4.69, 9.17) is 10.8 Å². The van der Waals surface area contributed by atoms with Gasteiger partial charge < -0.3 is 16.2 Å². The molecule has 0 aliphatic heterocycles. The van der Waals surface area contributed by atoms with Crippen LogP contribution in [0.4, 0.5) is 0 Å². The van der Waals surface area contributed by atoms with E-state index in [0.717, 1.165) is 0 Å². The average Bonchev–Trinajstić information content (AvgIpc) is 2.28.